The zero-order valence-corrected chi connectivity index (χ0v) is 15.7. The number of hydrogen-bond donors (Lipinski definition) is 5. The minimum absolute atomic E-state index is 0.154. The molecule has 4 aromatic rings. The van der Waals surface area contributed by atoms with Crippen LogP contribution in [0.3, 0.4) is 0 Å². The SMILES string of the molecule is Cc1nc2ccc(N=C(N)C(=CN)C(O)c3cc4c(C)cccc4[nH]3)cc2[nH]1. The highest BCUT2D eigenvalue weighted by molar-refractivity contribution is 6.00. The first-order valence-corrected chi connectivity index (χ1v) is 8.95. The number of hydrogen-bond acceptors (Lipinski definition) is 4. The van der Waals surface area contributed by atoms with Crippen LogP contribution in [-0.2, 0) is 0 Å². The lowest BCUT2D eigenvalue weighted by atomic mass is 10.1. The summed E-state index contributed by atoms with van der Waals surface area (Å²) in [6.07, 6.45) is 0.277. The van der Waals surface area contributed by atoms with Gasteiger partial charge in [-0.1, -0.05) is 12.1 Å². The van der Waals surface area contributed by atoms with Gasteiger partial charge >= 0.3 is 0 Å². The number of nitrogens with two attached hydrogens (primary N) is 2. The van der Waals surface area contributed by atoms with Crippen molar-refractivity contribution in [3.05, 3.63) is 71.3 Å². The molecule has 2 aromatic heterocycles. The van der Waals surface area contributed by atoms with Crippen LogP contribution in [0.2, 0.25) is 0 Å². The number of H-pyrrole nitrogens is 2. The molecule has 1 atom stereocenters. The smallest absolute Gasteiger partial charge is 0.131 e. The van der Waals surface area contributed by atoms with E-state index in [-0.39, 0.29) is 5.84 Å². The van der Waals surface area contributed by atoms with Gasteiger partial charge in [-0.25, -0.2) is 9.98 Å². The Morgan fingerprint density at radius 1 is 1.14 bits per heavy atom. The van der Waals surface area contributed by atoms with E-state index in [2.05, 4.69) is 19.9 Å². The lowest BCUT2D eigenvalue weighted by Gasteiger charge is -2.13. The average molecular weight is 374 g/mol. The first kappa shape index (κ1) is 17.8. The lowest BCUT2D eigenvalue weighted by Crippen LogP contribution is -2.21. The third kappa shape index (κ3) is 3.12. The number of aryl methyl sites for hydroxylation is 2. The Morgan fingerprint density at radius 3 is 2.71 bits per heavy atom. The average Bonchev–Trinajstić information content (AvgIpc) is 3.25. The lowest BCUT2D eigenvalue weighted by molar-refractivity contribution is 0.217. The Balaban J connectivity index is 1.67. The summed E-state index contributed by atoms with van der Waals surface area (Å²) in [5.41, 5.74) is 17.3. The zero-order valence-electron chi connectivity index (χ0n) is 15.7. The van der Waals surface area contributed by atoms with E-state index in [1.165, 1.54) is 6.20 Å². The summed E-state index contributed by atoms with van der Waals surface area (Å²) in [7, 11) is 0. The fourth-order valence-corrected chi connectivity index (χ4v) is 3.36. The van der Waals surface area contributed by atoms with Crippen LogP contribution in [0.5, 0.6) is 0 Å². The molecule has 7 nitrogen and oxygen atoms in total. The number of aromatic nitrogens is 3. The second-order valence-electron chi connectivity index (χ2n) is 6.81. The molecular formula is C21H22N6O. The summed E-state index contributed by atoms with van der Waals surface area (Å²) in [6.45, 7) is 3.92. The first-order chi connectivity index (χ1) is 13.5. The maximum atomic E-state index is 10.8. The normalized spacial score (nSPS) is 14.1. The third-order valence-electron chi connectivity index (χ3n) is 4.80. The van der Waals surface area contributed by atoms with Crippen LogP contribution >= 0.6 is 0 Å². The van der Waals surface area contributed by atoms with Gasteiger partial charge in [-0.05, 0) is 49.7 Å². The standard InChI is InChI=1S/C21H22N6O/c1-11-4-3-5-16-14(11)9-19(27-16)20(28)15(10-22)21(23)26-13-6-7-17-18(8-13)25-12(2)24-17/h3-10,20,27-28H,22H2,1-2H3,(H2,23,26)(H,24,25). The van der Waals surface area contributed by atoms with Crippen molar-refractivity contribution in [3.8, 4) is 0 Å². The number of benzene rings is 2. The number of nitrogens with one attached hydrogen (secondary N) is 2. The van der Waals surface area contributed by atoms with E-state index in [0.717, 1.165) is 33.3 Å². The Bertz CT molecular complexity index is 1230. The highest BCUT2D eigenvalue weighted by atomic mass is 16.3. The molecule has 0 aliphatic rings. The van der Waals surface area contributed by atoms with Gasteiger partial charge in [0.05, 0.1) is 16.7 Å². The zero-order chi connectivity index (χ0) is 19.8. The van der Waals surface area contributed by atoms with Crippen LogP contribution in [0.1, 0.15) is 23.2 Å². The van der Waals surface area contributed by atoms with Crippen molar-refractivity contribution in [3.63, 3.8) is 0 Å². The van der Waals surface area contributed by atoms with Crippen LogP contribution in [0.15, 0.2) is 59.2 Å². The molecule has 0 spiro atoms. The molecule has 0 amide bonds. The van der Waals surface area contributed by atoms with E-state index in [9.17, 15) is 5.11 Å². The number of aromatic amines is 2. The Kier molecular flexibility index (Phi) is 4.37. The van der Waals surface area contributed by atoms with Crippen molar-refractivity contribution in [2.45, 2.75) is 20.0 Å². The van der Waals surface area contributed by atoms with E-state index in [0.29, 0.717) is 17.0 Å². The second kappa shape index (κ2) is 6.86. The molecule has 0 saturated heterocycles. The Morgan fingerprint density at radius 2 is 1.96 bits per heavy atom. The largest absolute Gasteiger partial charge is 0.404 e. The number of rotatable bonds is 4. The van der Waals surface area contributed by atoms with Crippen LogP contribution in [-0.4, -0.2) is 25.9 Å². The Labute approximate surface area is 161 Å². The number of amidine groups is 1. The minimum atomic E-state index is -1.02. The van der Waals surface area contributed by atoms with Gasteiger partial charge in [-0.3, -0.25) is 0 Å². The molecular weight excluding hydrogens is 352 g/mol. The first-order valence-electron chi connectivity index (χ1n) is 8.95. The van der Waals surface area contributed by atoms with Gasteiger partial charge < -0.3 is 26.5 Å². The second-order valence-corrected chi connectivity index (χ2v) is 6.81. The topological polar surface area (TPSA) is 129 Å². The molecule has 2 aromatic carbocycles. The van der Waals surface area contributed by atoms with E-state index in [1.807, 2.05) is 56.3 Å². The summed E-state index contributed by atoms with van der Waals surface area (Å²) in [4.78, 5) is 15.2. The van der Waals surface area contributed by atoms with E-state index in [1.54, 1.807) is 0 Å². The van der Waals surface area contributed by atoms with Crippen molar-refractivity contribution >= 4 is 33.5 Å². The molecule has 0 saturated carbocycles. The van der Waals surface area contributed by atoms with Gasteiger partial charge in [0.2, 0.25) is 0 Å². The number of fused-ring (bicyclic) bond motifs is 2. The van der Waals surface area contributed by atoms with Crippen molar-refractivity contribution in [2.75, 3.05) is 0 Å². The number of aliphatic imine (C=N–C) groups is 1. The molecule has 7 N–H and O–H groups in total. The van der Waals surface area contributed by atoms with Crippen molar-refractivity contribution < 1.29 is 5.11 Å². The quantitative estimate of drug-likeness (QED) is 0.277. The van der Waals surface area contributed by atoms with Gasteiger partial charge in [0, 0.05) is 28.4 Å². The van der Waals surface area contributed by atoms with Gasteiger partial charge in [0.25, 0.3) is 0 Å². The maximum Gasteiger partial charge on any atom is 0.131 e. The molecule has 0 bridgehead atoms. The molecule has 1 unspecified atom stereocenters. The van der Waals surface area contributed by atoms with Gasteiger partial charge in [-0.15, -0.1) is 0 Å². The van der Waals surface area contributed by atoms with Crippen LogP contribution < -0.4 is 11.5 Å². The van der Waals surface area contributed by atoms with Gasteiger partial charge in [0.1, 0.15) is 17.8 Å². The molecule has 0 aliphatic carbocycles. The van der Waals surface area contributed by atoms with Crippen molar-refractivity contribution in [1.82, 2.24) is 15.0 Å². The molecule has 28 heavy (non-hydrogen) atoms. The fraction of sp³-hybridized carbons (Fsp3) is 0.143. The molecule has 0 aliphatic heterocycles. The van der Waals surface area contributed by atoms with Crippen molar-refractivity contribution in [1.29, 1.82) is 0 Å². The summed E-state index contributed by atoms with van der Waals surface area (Å²) in [5, 5.41) is 11.9. The number of aliphatic hydroxyl groups excluding tert-OH is 1. The highest BCUT2D eigenvalue weighted by Gasteiger charge is 2.19. The summed E-state index contributed by atoms with van der Waals surface area (Å²) in [5.74, 6) is 0.983. The van der Waals surface area contributed by atoms with Gasteiger partial charge in [-0.2, -0.15) is 0 Å². The summed E-state index contributed by atoms with van der Waals surface area (Å²) in [6, 6.07) is 13.4. The minimum Gasteiger partial charge on any atom is -0.404 e. The van der Waals surface area contributed by atoms with E-state index >= 15 is 0 Å². The Hall–Kier alpha value is -3.58. The number of imidazole rings is 1. The van der Waals surface area contributed by atoms with Crippen LogP contribution in [0.25, 0.3) is 21.9 Å². The molecule has 7 heteroatoms. The van der Waals surface area contributed by atoms with Crippen molar-refractivity contribution in [2.24, 2.45) is 16.5 Å². The molecule has 142 valence electrons. The van der Waals surface area contributed by atoms with Crippen LogP contribution in [0, 0.1) is 13.8 Å². The molecule has 0 fully saturated rings. The van der Waals surface area contributed by atoms with E-state index < -0.39 is 6.10 Å². The fourth-order valence-electron chi connectivity index (χ4n) is 3.36. The van der Waals surface area contributed by atoms with Gasteiger partial charge in [0.15, 0.2) is 0 Å². The molecule has 0 radical (unpaired) electrons. The summed E-state index contributed by atoms with van der Waals surface area (Å²) < 4.78 is 0. The molecule has 4 rings (SSSR count). The number of nitrogens with zero attached hydrogens (tertiary/aromatic N) is 2. The van der Waals surface area contributed by atoms with Crippen LogP contribution in [0.4, 0.5) is 5.69 Å². The maximum absolute atomic E-state index is 10.8. The third-order valence-corrected chi connectivity index (χ3v) is 4.80. The number of aliphatic hydroxyl groups is 1. The highest BCUT2D eigenvalue weighted by Crippen LogP contribution is 2.28. The monoisotopic (exact) mass is 374 g/mol. The predicted octanol–water partition coefficient (Wildman–Crippen LogP) is 3.23. The predicted molar refractivity (Wildman–Crippen MR) is 112 cm³/mol. The molecule has 2 heterocycles. The van der Waals surface area contributed by atoms with E-state index in [4.69, 9.17) is 11.5 Å². The summed E-state index contributed by atoms with van der Waals surface area (Å²) >= 11 is 0.